The van der Waals surface area contributed by atoms with Crippen LogP contribution in [0.15, 0.2) is 63.4 Å². The van der Waals surface area contributed by atoms with E-state index in [-0.39, 0.29) is 40.7 Å². The van der Waals surface area contributed by atoms with Gasteiger partial charge in [-0.3, -0.25) is 4.79 Å². The summed E-state index contributed by atoms with van der Waals surface area (Å²) < 4.78 is 64.2. The molecule has 1 heterocycles. The monoisotopic (exact) mass is 476 g/mol. The molecule has 174 valence electrons. The first-order valence-corrected chi connectivity index (χ1v) is 11.6. The summed E-state index contributed by atoms with van der Waals surface area (Å²) in [6.07, 6.45) is -1.37. The Bertz CT molecular complexity index is 1370. The van der Waals surface area contributed by atoms with Gasteiger partial charge in [-0.15, -0.1) is 0 Å². The third-order valence-corrected chi connectivity index (χ3v) is 7.02. The Balaban J connectivity index is 1.60. The zero-order chi connectivity index (χ0) is 23.9. The van der Waals surface area contributed by atoms with Gasteiger partial charge in [0.25, 0.3) is 16.1 Å². The molecule has 3 aromatic rings. The molecule has 0 unspecified atom stereocenters. The minimum Gasteiger partial charge on any atom is -0.495 e. The van der Waals surface area contributed by atoms with Crippen LogP contribution in [0.25, 0.3) is 11.0 Å². The predicted octanol–water partition coefficient (Wildman–Crippen LogP) is 4.65. The van der Waals surface area contributed by atoms with E-state index in [2.05, 4.69) is 0 Å². The van der Waals surface area contributed by atoms with E-state index in [4.69, 9.17) is 9.15 Å². The zero-order valence-corrected chi connectivity index (χ0v) is 19.0. The first-order chi connectivity index (χ1) is 15.6. The number of fused-ring (bicyclic) bond motifs is 1. The minimum absolute atomic E-state index is 0.0334. The average Bonchev–Trinajstić information content (AvgIpc) is 3.15. The van der Waals surface area contributed by atoms with E-state index in [0.29, 0.717) is 16.5 Å². The number of halogens is 2. The summed E-state index contributed by atoms with van der Waals surface area (Å²) in [6, 6.07) is 11.3. The fourth-order valence-electron chi connectivity index (χ4n) is 3.72. The highest BCUT2D eigenvalue weighted by molar-refractivity contribution is 7.90. The van der Waals surface area contributed by atoms with E-state index in [1.54, 1.807) is 18.2 Å². The molecule has 0 bridgehead atoms. The van der Waals surface area contributed by atoms with Crippen molar-refractivity contribution in [3.8, 4) is 5.75 Å². The molecule has 0 saturated heterocycles. The highest BCUT2D eigenvalue weighted by atomic mass is 32.2. The SMILES string of the molecule is COc1ccc(C2CC(=C(F)F)C2)cc1S(=O)(=O)NC(=O)c1cc2ccc(N(C)C)cc2o1. The number of anilines is 1. The average molecular weight is 477 g/mol. The summed E-state index contributed by atoms with van der Waals surface area (Å²) in [6.45, 7) is 0. The van der Waals surface area contributed by atoms with Gasteiger partial charge in [-0.25, -0.2) is 13.1 Å². The standard InChI is InChI=1S/C23H22F2N2O5S/c1-27(2)17-6-4-14-10-20(32-19(14)12-17)23(28)26-33(29,30)21-11-13(5-7-18(21)31-3)15-8-16(9-15)22(24)25/h4-7,10-12,15H,8-9H2,1-3H3,(H,26,28). The van der Waals surface area contributed by atoms with E-state index < -0.39 is 22.0 Å². The molecule has 1 amide bonds. The molecular formula is C23H22F2N2O5S. The normalized spacial score (nSPS) is 15.8. The lowest BCUT2D eigenvalue weighted by Crippen LogP contribution is -2.30. The third kappa shape index (κ3) is 4.43. The first kappa shape index (κ1) is 22.8. The quantitative estimate of drug-likeness (QED) is 0.557. The van der Waals surface area contributed by atoms with Crippen molar-refractivity contribution in [3.05, 3.63) is 65.4 Å². The second-order valence-corrected chi connectivity index (χ2v) is 9.69. The molecule has 33 heavy (non-hydrogen) atoms. The van der Waals surface area contributed by atoms with E-state index in [1.165, 1.54) is 25.3 Å². The summed E-state index contributed by atoms with van der Waals surface area (Å²) in [5.74, 6) is -1.28. The number of nitrogens with zero attached hydrogens (tertiary/aromatic N) is 1. The fourth-order valence-corrected chi connectivity index (χ4v) is 4.88. The Kier molecular flexibility index (Phi) is 5.87. The highest BCUT2D eigenvalue weighted by Crippen LogP contribution is 2.44. The molecule has 1 N–H and O–H groups in total. The Morgan fingerprint density at radius 3 is 2.48 bits per heavy atom. The first-order valence-electron chi connectivity index (χ1n) is 10.1. The summed E-state index contributed by atoms with van der Waals surface area (Å²) >= 11 is 0. The Morgan fingerprint density at radius 2 is 1.85 bits per heavy atom. The highest BCUT2D eigenvalue weighted by Gasteiger charge is 2.31. The molecule has 1 aliphatic carbocycles. The third-order valence-electron chi connectivity index (χ3n) is 5.67. The number of methoxy groups -OCH3 is 1. The zero-order valence-electron chi connectivity index (χ0n) is 18.2. The maximum atomic E-state index is 13.0. The van der Waals surface area contributed by atoms with Gasteiger partial charge in [0.05, 0.1) is 7.11 Å². The van der Waals surface area contributed by atoms with Gasteiger partial charge in [-0.05, 0) is 60.2 Å². The fraction of sp³-hybridized carbons (Fsp3) is 0.261. The summed E-state index contributed by atoms with van der Waals surface area (Å²) in [7, 11) is 0.697. The Hall–Kier alpha value is -3.40. The van der Waals surface area contributed by atoms with E-state index >= 15 is 0 Å². The van der Waals surface area contributed by atoms with E-state index in [9.17, 15) is 22.0 Å². The van der Waals surface area contributed by atoms with Crippen molar-refractivity contribution in [3.63, 3.8) is 0 Å². The van der Waals surface area contributed by atoms with Crippen molar-refractivity contribution < 1.29 is 31.1 Å². The van der Waals surface area contributed by atoms with Gasteiger partial charge in [-0.1, -0.05) is 6.07 Å². The molecular weight excluding hydrogens is 454 g/mol. The molecule has 4 rings (SSSR count). The number of carbonyl (C=O) groups excluding carboxylic acids is 1. The lowest BCUT2D eigenvalue weighted by molar-refractivity contribution is 0.0956. The van der Waals surface area contributed by atoms with Crippen LogP contribution in [0.4, 0.5) is 14.5 Å². The van der Waals surface area contributed by atoms with Crippen molar-refractivity contribution in [2.45, 2.75) is 23.7 Å². The number of hydrogen-bond donors (Lipinski definition) is 1. The number of benzene rings is 2. The smallest absolute Gasteiger partial charge is 0.300 e. The van der Waals surface area contributed by atoms with E-state index in [0.717, 1.165) is 5.69 Å². The molecule has 0 radical (unpaired) electrons. The molecule has 0 spiro atoms. The molecule has 10 heteroatoms. The molecule has 1 aliphatic rings. The maximum absolute atomic E-state index is 13.0. The van der Waals surface area contributed by atoms with Crippen LogP contribution >= 0.6 is 0 Å². The van der Waals surface area contributed by atoms with Crippen LogP contribution < -0.4 is 14.4 Å². The van der Waals surface area contributed by atoms with Gasteiger partial charge in [0.2, 0.25) is 0 Å². The van der Waals surface area contributed by atoms with Gasteiger partial charge in [0.1, 0.15) is 16.2 Å². The van der Waals surface area contributed by atoms with Gasteiger partial charge < -0.3 is 14.1 Å². The number of nitrogens with one attached hydrogen (secondary N) is 1. The van der Waals surface area contributed by atoms with Crippen LogP contribution in [0, 0.1) is 0 Å². The molecule has 0 aliphatic heterocycles. The van der Waals surface area contributed by atoms with Gasteiger partial charge >= 0.3 is 5.91 Å². The minimum atomic E-state index is -4.33. The van der Waals surface area contributed by atoms with Crippen LogP contribution in [-0.2, 0) is 10.0 Å². The van der Waals surface area contributed by atoms with Crippen LogP contribution in [-0.4, -0.2) is 35.5 Å². The molecule has 2 aromatic carbocycles. The molecule has 1 aromatic heterocycles. The van der Waals surface area contributed by atoms with Gasteiger partial charge in [0.15, 0.2) is 5.76 Å². The van der Waals surface area contributed by atoms with E-state index in [1.807, 2.05) is 29.8 Å². The topological polar surface area (TPSA) is 88.8 Å². The van der Waals surface area contributed by atoms with Crippen molar-refractivity contribution in [2.75, 3.05) is 26.1 Å². The van der Waals surface area contributed by atoms with Gasteiger partial charge in [-0.2, -0.15) is 8.78 Å². The number of sulfonamides is 1. The summed E-state index contributed by atoms with van der Waals surface area (Å²) in [4.78, 5) is 14.3. The number of carbonyl (C=O) groups is 1. The van der Waals surface area contributed by atoms with Crippen molar-refractivity contribution in [1.29, 1.82) is 0 Å². The lowest BCUT2D eigenvalue weighted by Gasteiger charge is -2.29. The number of amides is 1. The Labute approximate surface area is 189 Å². The predicted molar refractivity (Wildman–Crippen MR) is 119 cm³/mol. The lowest BCUT2D eigenvalue weighted by atomic mass is 9.76. The number of hydrogen-bond acceptors (Lipinski definition) is 6. The number of rotatable bonds is 6. The van der Waals surface area contributed by atoms with Crippen LogP contribution in [0.5, 0.6) is 5.75 Å². The molecule has 1 saturated carbocycles. The Morgan fingerprint density at radius 1 is 1.12 bits per heavy atom. The summed E-state index contributed by atoms with van der Waals surface area (Å²) in [5, 5.41) is 0.650. The van der Waals surface area contributed by atoms with Gasteiger partial charge in [0, 0.05) is 31.2 Å². The molecule has 0 atom stereocenters. The van der Waals surface area contributed by atoms with Crippen molar-refractivity contribution in [1.82, 2.24) is 4.72 Å². The van der Waals surface area contributed by atoms with Crippen LogP contribution in [0.2, 0.25) is 0 Å². The molecule has 7 nitrogen and oxygen atoms in total. The number of furan rings is 1. The second kappa shape index (κ2) is 8.51. The molecule has 1 fully saturated rings. The van der Waals surface area contributed by atoms with Crippen LogP contribution in [0.1, 0.15) is 34.9 Å². The largest absolute Gasteiger partial charge is 0.495 e. The van der Waals surface area contributed by atoms with Crippen molar-refractivity contribution in [2.24, 2.45) is 0 Å². The number of allylic oxidation sites excluding steroid dienone is 1. The maximum Gasteiger partial charge on any atom is 0.300 e. The number of ether oxygens (including phenoxy) is 1. The second-order valence-electron chi connectivity index (χ2n) is 8.04. The van der Waals surface area contributed by atoms with Crippen LogP contribution in [0.3, 0.4) is 0 Å². The summed E-state index contributed by atoms with van der Waals surface area (Å²) in [5.41, 5.74) is 1.95. The van der Waals surface area contributed by atoms with Crippen molar-refractivity contribution >= 4 is 32.6 Å².